The second kappa shape index (κ2) is 8.15. The van der Waals surface area contributed by atoms with Gasteiger partial charge in [-0.05, 0) is 49.4 Å². The number of carbonyl (C=O) groups excluding carboxylic acids is 1. The molecule has 0 aliphatic heterocycles. The standard InChI is InChI=1S/C22H23ClN4O/c1-2-24-22(28)18-9-12-20(13-18)27-21(14-25-26-27)17-5-3-15(4-6-17)16-7-10-19(23)11-8-16/h3-8,10-11,14,18,20H,2,9,12-13H2,1H3,(H,24,28)/t18?,20-/m1/s1. The van der Waals surface area contributed by atoms with Crippen LogP contribution in [0.1, 0.15) is 32.2 Å². The maximum atomic E-state index is 12.1. The van der Waals surface area contributed by atoms with E-state index in [2.05, 4.69) is 39.9 Å². The minimum atomic E-state index is 0.0641. The molecule has 2 atom stereocenters. The third-order valence-electron chi connectivity index (χ3n) is 5.41. The smallest absolute Gasteiger partial charge is 0.223 e. The number of hydrogen-bond donors (Lipinski definition) is 1. The summed E-state index contributed by atoms with van der Waals surface area (Å²) in [5.41, 5.74) is 4.33. The van der Waals surface area contributed by atoms with Crippen LogP contribution < -0.4 is 5.32 Å². The first-order valence-corrected chi connectivity index (χ1v) is 10.1. The average Bonchev–Trinajstić information content (AvgIpc) is 3.38. The zero-order valence-electron chi connectivity index (χ0n) is 15.8. The Morgan fingerprint density at radius 2 is 1.71 bits per heavy atom. The molecule has 5 nitrogen and oxygen atoms in total. The molecule has 1 saturated carbocycles. The highest BCUT2D eigenvalue weighted by atomic mass is 35.5. The first kappa shape index (κ1) is 18.7. The van der Waals surface area contributed by atoms with E-state index in [1.165, 1.54) is 0 Å². The Bertz CT molecular complexity index is 949. The summed E-state index contributed by atoms with van der Waals surface area (Å²) in [5, 5.41) is 12.1. The lowest BCUT2D eigenvalue weighted by atomic mass is 10.0. The van der Waals surface area contributed by atoms with Crippen LogP contribution in [-0.4, -0.2) is 27.4 Å². The molecule has 1 aliphatic carbocycles. The van der Waals surface area contributed by atoms with Gasteiger partial charge in [-0.25, -0.2) is 4.68 Å². The molecule has 0 spiro atoms. The maximum Gasteiger partial charge on any atom is 0.223 e. The van der Waals surface area contributed by atoms with Crippen molar-refractivity contribution in [3.05, 3.63) is 59.8 Å². The maximum absolute atomic E-state index is 12.1. The molecule has 3 aromatic rings. The molecule has 1 aliphatic rings. The molecule has 2 aromatic carbocycles. The van der Waals surface area contributed by atoms with Gasteiger partial charge in [0, 0.05) is 23.0 Å². The van der Waals surface area contributed by atoms with Crippen LogP contribution in [0.25, 0.3) is 22.4 Å². The number of benzene rings is 2. The van der Waals surface area contributed by atoms with E-state index in [9.17, 15) is 4.79 Å². The molecule has 1 aromatic heterocycles. The number of rotatable bonds is 5. The van der Waals surface area contributed by atoms with Crippen molar-refractivity contribution in [1.29, 1.82) is 0 Å². The van der Waals surface area contributed by atoms with Crippen molar-refractivity contribution >= 4 is 17.5 Å². The van der Waals surface area contributed by atoms with Crippen LogP contribution in [-0.2, 0) is 4.79 Å². The predicted molar refractivity (Wildman–Crippen MR) is 111 cm³/mol. The lowest BCUT2D eigenvalue weighted by Crippen LogP contribution is -2.29. The van der Waals surface area contributed by atoms with E-state index in [0.717, 1.165) is 46.7 Å². The third-order valence-corrected chi connectivity index (χ3v) is 5.66. The van der Waals surface area contributed by atoms with Crippen molar-refractivity contribution < 1.29 is 4.79 Å². The number of amides is 1. The van der Waals surface area contributed by atoms with Gasteiger partial charge in [0.15, 0.2) is 0 Å². The molecule has 0 bridgehead atoms. The summed E-state index contributed by atoms with van der Waals surface area (Å²) in [6.45, 7) is 2.63. The molecule has 28 heavy (non-hydrogen) atoms. The fourth-order valence-electron chi connectivity index (χ4n) is 3.93. The Morgan fingerprint density at radius 1 is 1.07 bits per heavy atom. The van der Waals surface area contributed by atoms with Gasteiger partial charge in [-0.1, -0.05) is 53.2 Å². The number of nitrogens with zero attached hydrogens (tertiary/aromatic N) is 3. The van der Waals surface area contributed by atoms with Crippen LogP contribution in [0, 0.1) is 5.92 Å². The van der Waals surface area contributed by atoms with E-state index in [1.807, 2.05) is 35.9 Å². The highest BCUT2D eigenvalue weighted by Gasteiger charge is 2.32. The number of carbonyl (C=O) groups is 1. The normalized spacial score (nSPS) is 18.9. The zero-order valence-corrected chi connectivity index (χ0v) is 16.6. The van der Waals surface area contributed by atoms with Crippen molar-refractivity contribution in [2.75, 3.05) is 6.54 Å². The number of aromatic nitrogens is 3. The summed E-state index contributed by atoms with van der Waals surface area (Å²) in [4.78, 5) is 12.1. The monoisotopic (exact) mass is 394 g/mol. The van der Waals surface area contributed by atoms with Gasteiger partial charge in [-0.3, -0.25) is 4.79 Å². The highest BCUT2D eigenvalue weighted by Crippen LogP contribution is 2.37. The van der Waals surface area contributed by atoms with Crippen LogP contribution >= 0.6 is 11.6 Å². The topological polar surface area (TPSA) is 59.8 Å². The third kappa shape index (κ3) is 3.80. The second-order valence-electron chi connectivity index (χ2n) is 7.21. The molecule has 1 N–H and O–H groups in total. The summed E-state index contributed by atoms with van der Waals surface area (Å²) < 4.78 is 1.98. The first-order chi connectivity index (χ1) is 13.7. The van der Waals surface area contributed by atoms with E-state index in [-0.39, 0.29) is 17.9 Å². The van der Waals surface area contributed by atoms with E-state index < -0.39 is 0 Å². The van der Waals surface area contributed by atoms with E-state index in [1.54, 1.807) is 6.20 Å². The van der Waals surface area contributed by atoms with Crippen LogP contribution in [0.3, 0.4) is 0 Å². The van der Waals surface area contributed by atoms with Crippen LogP contribution in [0.5, 0.6) is 0 Å². The Kier molecular flexibility index (Phi) is 5.44. The van der Waals surface area contributed by atoms with E-state index >= 15 is 0 Å². The zero-order chi connectivity index (χ0) is 19.5. The van der Waals surface area contributed by atoms with Gasteiger partial charge >= 0.3 is 0 Å². The summed E-state index contributed by atoms with van der Waals surface area (Å²) in [7, 11) is 0. The largest absolute Gasteiger partial charge is 0.356 e. The van der Waals surface area contributed by atoms with Gasteiger partial charge in [0.1, 0.15) is 0 Å². The SMILES string of the molecule is CCNC(=O)C1CC[C@@H](n2nncc2-c2ccc(-c3ccc(Cl)cc3)cc2)C1. The van der Waals surface area contributed by atoms with Gasteiger partial charge < -0.3 is 5.32 Å². The minimum Gasteiger partial charge on any atom is -0.356 e. The van der Waals surface area contributed by atoms with Crippen LogP contribution in [0.2, 0.25) is 5.02 Å². The molecular weight excluding hydrogens is 372 g/mol. The van der Waals surface area contributed by atoms with Crippen molar-refractivity contribution in [2.45, 2.75) is 32.2 Å². The van der Waals surface area contributed by atoms with Gasteiger partial charge in [0.05, 0.1) is 17.9 Å². The summed E-state index contributed by atoms with van der Waals surface area (Å²) >= 11 is 5.98. The van der Waals surface area contributed by atoms with Gasteiger partial charge in [-0.2, -0.15) is 0 Å². The average molecular weight is 395 g/mol. The molecule has 1 amide bonds. The Morgan fingerprint density at radius 3 is 2.39 bits per heavy atom. The number of hydrogen-bond acceptors (Lipinski definition) is 3. The Labute approximate surface area is 169 Å². The second-order valence-corrected chi connectivity index (χ2v) is 7.64. The van der Waals surface area contributed by atoms with Gasteiger partial charge in [0.2, 0.25) is 5.91 Å². The minimum absolute atomic E-state index is 0.0641. The fraction of sp³-hybridized carbons (Fsp3) is 0.318. The van der Waals surface area contributed by atoms with Crippen LogP contribution in [0.15, 0.2) is 54.7 Å². The molecule has 0 radical (unpaired) electrons. The summed E-state index contributed by atoms with van der Waals surface area (Å²) in [6, 6.07) is 16.4. The number of halogens is 1. The predicted octanol–water partition coefficient (Wildman–Crippen LogP) is 4.74. The van der Waals surface area contributed by atoms with Gasteiger partial charge in [-0.15, -0.1) is 5.10 Å². The molecule has 6 heteroatoms. The molecule has 1 fully saturated rings. The molecule has 4 rings (SSSR count). The summed E-state index contributed by atoms with van der Waals surface area (Å²) in [6.07, 6.45) is 4.45. The van der Waals surface area contributed by atoms with Gasteiger partial charge in [0.25, 0.3) is 0 Å². The van der Waals surface area contributed by atoms with E-state index in [0.29, 0.717) is 6.54 Å². The van der Waals surface area contributed by atoms with Crippen LogP contribution in [0.4, 0.5) is 0 Å². The first-order valence-electron chi connectivity index (χ1n) is 9.70. The highest BCUT2D eigenvalue weighted by molar-refractivity contribution is 6.30. The molecule has 1 unspecified atom stereocenters. The van der Waals surface area contributed by atoms with Crippen molar-refractivity contribution in [1.82, 2.24) is 20.3 Å². The molecule has 144 valence electrons. The van der Waals surface area contributed by atoms with E-state index in [4.69, 9.17) is 11.6 Å². The van der Waals surface area contributed by atoms with Crippen molar-refractivity contribution in [2.24, 2.45) is 5.92 Å². The molecule has 1 heterocycles. The lowest BCUT2D eigenvalue weighted by molar-refractivity contribution is -0.124. The quantitative estimate of drug-likeness (QED) is 0.679. The summed E-state index contributed by atoms with van der Waals surface area (Å²) in [5.74, 6) is 0.216. The number of nitrogens with one attached hydrogen (secondary N) is 1. The fourth-order valence-corrected chi connectivity index (χ4v) is 4.06. The molecular formula is C22H23ClN4O. The van der Waals surface area contributed by atoms with Crippen molar-refractivity contribution in [3.8, 4) is 22.4 Å². The Hall–Kier alpha value is -2.66. The van der Waals surface area contributed by atoms with Crippen molar-refractivity contribution in [3.63, 3.8) is 0 Å². The Balaban J connectivity index is 1.53. The lowest BCUT2D eigenvalue weighted by Gasteiger charge is -2.14. The molecule has 0 saturated heterocycles.